The fraction of sp³-hybridized carbons (Fsp3) is 0.367. The summed E-state index contributed by atoms with van der Waals surface area (Å²) in [6.07, 6.45) is 5.89. The highest BCUT2D eigenvalue weighted by Crippen LogP contribution is 2.37. The zero-order valence-corrected chi connectivity index (χ0v) is 22.4. The van der Waals surface area contributed by atoms with Crippen molar-refractivity contribution < 1.29 is 14.3 Å². The highest BCUT2D eigenvalue weighted by atomic mass is 19.1. The molecule has 4 aromatic rings. The molecule has 1 atom stereocenters. The van der Waals surface area contributed by atoms with Gasteiger partial charge >= 0.3 is 5.97 Å². The normalized spacial score (nSPS) is 16.8. The standard InChI is InChI=1S/C30H32FN5O3/c1-17-14-20(30(38)39)15-23(31)27(17)19-6-11-35(12-7-19)18(2)26-16-22-25(5-10-33-28(22)34(26)3)36-13-8-24-21(29(36)37)4-9-32-24/h5,8,10,13-16,18-19,32H,4,6-7,9,11-12H2,1-3H3,(H,38,39). The molecule has 0 aliphatic carbocycles. The van der Waals surface area contributed by atoms with Crippen LogP contribution in [0.4, 0.5) is 10.1 Å². The molecule has 0 amide bonds. The van der Waals surface area contributed by atoms with Gasteiger partial charge in [0.2, 0.25) is 0 Å². The minimum atomic E-state index is -1.11. The fourth-order valence-corrected chi connectivity index (χ4v) is 6.49. The molecule has 2 N–H and O–H groups in total. The third-order valence-electron chi connectivity index (χ3n) is 8.58. The Morgan fingerprint density at radius 1 is 1.21 bits per heavy atom. The van der Waals surface area contributed by atoms with Crippen molar-refractivity contribution in [2.75, 3.05) is 25.0 Å². The van der Waals surface area contributed by atoms with E-state index in [1.807, 2.05) is 25.4 Å². The summed E-state index contributed by atoms with van der Waals surface area (Å²) in [6.45, 7) is 6.34. The summed E-state index contributed by atoms with van der Waals surface area (Å²) in [4.78, 5) is 31.6. The number of aromatic nitrogens is 3. The molecule has 2 aliphatic rings. The number of halogens is 1. The zero-order valence-electron chi connectivity index (χ0n) is 22.4. The van der Waals surface area contributed by atoms with Crippen molar-refractivity contribution in [3.63, 3.8) is 0 Å². The second-order valence-corrected chi connectivity index (χ2v) is 10.7. The number of benzene rings is 1. The van der Waals surface area contributed by atoms with Gasteiger partial charge in [0, 0.05) is 54.4 Å². The molecule has 0 radical (unpaired) electrons. The van der Waals surface area contributed by atoms with Crippen LogP contribution in [0, 0.1) is 12.7 Å². The van der Waals surface area contributed by atoms with E-state index < -0.39 is 11.8 Å². The molecular weight excluding hydrogens is 497 g/mol. The van der Waals surface area contributed by atoms with Gasteiger partial charge in [-0.3, -0.25) is 14.3 Å². The van der Waals surface area contributed by atoms with E-state index in [0.29, 0.717) is 11.1 Å². The summed E-state index contributed by atoms with van der Waals surface area (Å²) >= 11 is 0. The maximum absolute atomic E-state index is 14.9. The van der Waals surface area contributed by atoms with Gasteiger partial charge in [0.15, 0.2) is 0 Å². The van der Waals surface area contributed by atoms with Gasteiger partial charge in [0.05, 0.1) is 11.3 Å². The highest BCUT2D eigenvalue weighted by Gasteiger charge is 2.29. The summed E-state index contributed by atoms with van der Waals surface area (Å²) < 4.78 is 18.7. The second-order valence-electron chi connectivity index (χ2n) is 10.7. The molecule has 9 heteroatoms. The van der Waals surface area contributed by atoms with Gasteiger partial charge in [-0.1, -0.05) is 0 Å². The maximum atomic E-state index is 14.9. The number of carbonyl (C=O) groups is 1. The van der Waals surface area contributed by atoms with Crippen LogP contribution in [-0.2, 0) is 13.5 Å². The molecule has 39 heavy (non-hydrogen) atoms. The summed E-state index contributed by atoms with van der Waals surface area (Å²) in [5, 5.41) is 13.4. The van der Waals surface area contributed by atoms with Crippen molar-refractivity contribution in [3.05, 3.63) is 86.8 Å². The number of likely N-dealkylation sites (tertiary alicyclic amines) is 1. The smallest absolute Gasteiger partial charge is 0.335 e. The van der Waals surface area contributed by atoms with E-state index in [0.717, 1.165) is 78.6 Å². The number of rotatable bonds is 5. The molecule has 0 saturated carbocycles. The Balaban J connectivity index is 1.26. The van der Waals surface area contributed by atoms with E-state index in [-0.39, 0.29) is 23.1 Å². The van der Waals surface area contributed by atoms with Crippen molar-refractivity contribution in [2.24, 2.45) is 7.05 Å². The van der Waals surface area contributed by atoms with E-state index in [4.69, 9.17) is 0 Å². The lowest BCUT2D eigenvalue weighted by Gasteiger charge is -2.37. The first kappa shape index (κ1) is 25.3. The lowest BCUT2D eigenvalue weighted by Crippen LogP contribution is -2.36. The van der Waals surface area contributed by atoms with Gasteiger partial charge in [0.1, 0.15) is 11.5 Å². The molecule has 8 nitrogen and oxygen atoms in total. The van der Waals surface area contributed by atoms with Crippen LogP contribution < -0.4 is 10.9 Å². The van der Waals surface area contributed by atoms with Crippen molar-refractivity contribution >= 4 is 22.7 Å². The molecule has 0 bridgehead atoms. The van der Waals surface area contributed by atoms with E-state index in [1.54, 1.807) is 23.8 Å². The van der Waals surface area contributed by atoms with Gasteiger partial charge < -0.3 is 15.0 Å². The summed E-state index contributed by atoms with van der Waals surface area (Å²) in [5.41, 5.74) is 5.82. The van der Waals surface area contributed by atoms with Crippen molar-refractivity contribution in [1.82, 2.24) is 19.0 Å². The third kappa shape index (κ3) is 4.21. The molecular formula is C30H32FN5O3. The Hall–Kier alpha value is -3.98. The summed E-state index contributed by atoms with van der Waals surface area (Å²) in [7, 11) is 2.01. The highest BCUT2D eigenvalue weighted by molar-refractivity contribution is 5.88. The zero-order chi connectivity index (χ0) is 27.4. The lowest BCUT2D eigenvalue weighted by atomic mass is 9.85. The molecule has 0 spiro atoms. The Morgan fingerprint density at radius 2 is 1.97 bits per heavy atom. The number of pyridine rings is 2. The molecule has 1 saturated heterocycles. The van der Waals surface area contributed by atoms with Crippen LogP contribution in [0.25, 0.3) is 16.7 Å². The molecule has 1 fully saturated rings. The number of piperidine rings is 1. The molecule has 3 aromatic heterocycles. The first-order valence-corrected chi connectivity index (χ1v) is 13.4. The topological polar surface area (TPSA) is 92.4 Å². The van der Waals surface area contributed by atoms with Gasteiger partial charge in [-0.25, -0.2) is 14.2 Å². The van der Waals surface area contributed by atoms with Gasteiger partial charge in [-0.2, -0.15) is 0 Å². The van der Waals surface area contributed by atoms with Crippen LogP contribution in [0.2, 0.25) is 0 Å². The number of anilines is 1. The summed E-state index contributed by atoms with van der Waals surface area (Å²) in [5.74, 6) is -1.49. The predicted octanol–water partition coefficient (Wildman–Crippen LogP) is 4.78. The predicted molar refractivity (Wildman–Crippen MR) is 149 cm³/mol. The van der Waals surface area contributed by atoms with Crippen molar-refractivity contribution in [1.29, 1.82) is 0 Å². The number of carboxylic acid groups (broad SMARTS) is 1. The monoisotopic (exact) mass is 529 g/mol. The number of nitrogens with one attached hydrogen (secondary N) is 1. The molecule has 6 rings (SSSR count). The number of aryl methyl sites for hydroxylation is 2. The van der Waals surface area contributed by atoms with E-state index in [1.165, 1.54) is 0 Å². The number of hydrogen-bond acceptors (Lipinski definition) is 5. The first-order chi connectivity index (χ1) is 18.7. The minimum Gasteiger partial charge on any atom is -0.478 e. The fourth-order valence-electron chi connectivity index (χ4n) is 6.49. The SMILES string of the molecule is Cc1cc(C(=O)O)cc(F)c1C1CCN(C(C)c2cc3c(-n4ccc5c(c4=O)CCN5)ccnc3n2C)CC1. The summed E-state index contributed by atoms with van der Waals surface area (Å²) in [6, 6.07) is 8.80. The number of aromatic carboxylic acids is 1. The average molecular weight is 530 g/mol. The Bertz CT molecular complexity index is 1640. The first-order valence-electron chi connectivity index (χ1n) is 13.4. The van der Waals surface area contributed by atoms with Crippen LogP contribution in [0.5, 0.6) is 0 Å². The largest absolute Gasteiger partial charge is 0.478 e. The van der Waals surface area contributed by atoms with Gasteiger partial charge in [0.25, 0.3) is 5.56 Å². The van der Waals surface area contributed by atoms with Crippen LogP contribution in [0.1, 0.15) is 64.5 Å². The molecule has 1 aromatic carbocycles. The average Bonchev–Trinajstić information content (AvgIpc) is 3.54. The van der Waals surface area contributed by atoms with Crippen LogP contribution >= 0.6 is 0 Å². The van der Waals surface area contributed by atoms with Gasteiger partial charge in [-0.15, -0.1) is 0 Å². The minimum absolute atomic E-state index is 0.00411. The molecule has 2 aliphatic heterocycles. The van der Waals surface area contributed by atoms with E-state index in [9.17, 15) is 19.1 Å². The number of fused-ring (bicyclic) bond motifs is 2. The Morgan fingerprint density at radius 3 is 2.69 bits per heavy atom. The Kier molecular flexibility index (Phi) is 6.26. The number of nitrogens with zero attached hydrogens (tertiary/aromatic N) is 4. The molecule has 5 heterocycles. The maximum Gasteiger partial charge on any atom is 0.335 e. The van der Waals surface area contributed by atoms with Crippen LogP contribution in [0.3, 0.4) is 0 Å². The Labute approximate surface area is 225 Å². The quantitative estimate of drug-likeness (QED) is 0.387. The molecule has 1 unspecified atom stereocenters. The van der Waals surface area contributed by atoms with E-state index in [2.05, 4.69) is 32.8 Å². The molecule has 202 valence electrons. The second kappa shape index (κ2) is 9.64. The van der Waals surface area contributed by atoms with Crippen molar-refractivity contribution in [3.8, 4) is 5.69 Å². The lowest BCUT2D eigenvalue weighted by molar-refractivity contribution is 0.0696. The van der Waals surface area contributed by atoms with E-state index >= 15 is 0 Å². The van der Waals surface area contributed by atoms with Crippen LogP contribution in [-0.4, -0.2) is 49.7 Å². The van der Waals surface area contributed by atoms with Crippen LogP contribution in [0.15, 0.2) is 47.5 Å². The number of hydrogen-bond donors (Lipinski definition) is 2. The van der Waals surface area contributed by atoms with Crippen molar-refractivity contribution in [2.45, 2.75) is 45.1 Å². The van der Waals surface area contributed by atoms with Gasteiger partial charge in [-0.05, 0) is 93.6 Å². The third-order valence-corrected chi connectivity index (χ3v) is 8.58. The number of carboxylic acids is 1.